The minimum absolute atomic E-state index is 0.124. The Balaban J connectivity index is 1.71. The van der Waals surface area contributed by atoms with Crippen LogP contribution in [-0.2, 0) is 11.3 Å². The molecule has 0 fully saturated rings. The molecule has 1 heterocycles. The predicted molar refractivity (Wildman–Crippen MR) is 116 cm³/mol. The lowest BCUT2D eigenvalue weighted by molar-refractivity contribution is -0.113. The predicted octanol–water partition coefficient (Wildman–Crippen LogP) is 5.27. The van der Waals surface area contributed by atoms with E-state index in [4.69, 9.17) is 11.6 Å². The van der Waals surface area contributed by atoms with Gasteiger partial charge in [-0.25, -0.2) is 0 Å². The summed E-state index contributed by atoms with van der Waals surface area (Å²) in [5.41, 5.74) is 4.88. The Morgan fingerprint density at radius 3 is 2.46 bits per heavy atom. The maximum atomic E-state index is 12.4. The summed E-state index contributed by atoms with van der Waals surface area (Å²) >= 11 is 7.64. The number of aromatic nitrogens is 3. The number of benzene rings is 2. The zero-order valence-electron chi connectivity index (χ0n) is 16.4. The number of hydrogen-bond donors (Lipinski definition) is 1. The van der Waals surface area contributed by atoms with E-state index in [2.05, 4.69) is 34.6 Å². The molecule has 7 heteroatoms. The van der Waals surface area contributed by atoms with Crippen molar-refractivity contribution < 1.29 is 4.79 Å². The number of rotatable bonds is 6. The smallest absolute Gasteiger partial charge is 0.234 e. The number of amides is 1. The van der Waals surface area contributed by atoms with E-state index in [1.54, 1.807) is 0 Å². The van der Waals surface area contributed by atoms with E-state index in [-0.39, 0.29) is 11.7 Å². The minimum Gasteiger partial charge on any atom is -0.324 e. The average Bonchev–Trinajstić information content (AvgIpc) is 3.06. The van der Waals surface area contributed by atoms with Crippen molar-refractivity contribution in [3.05, 3.63) is 58.1 Å². The van der Waals surface area contributed by atoms with Crippen LogP contribution in [0, 0.1) is 20.8 Å². The molecule has 1 N–H and O–H groups in total. The standard InChI is InChI=1S/C21H23ClN4OS/c1-5-26-20(16-8-6-13(2)7-9-16)24-25-21(26)28-12-18(27)23-19-15(4)10-14(3)11-17(19)22/h6-11H,5,12H2,1-4H3,(H,23,27). The molecule has 28 heavy (non-hydrogen) atoms. The fourth-order valence-electron chi connectivity index (χ4n) is 2.98. The summed E-state index contributed by atoms with van der Waals surface area (Å²) in [7, 11) is 0. The van der Waals surface area contributed by atoms with Crippen molar-refractivity contribution in [2.24, 2.45) is 0 Å². The lowest BCUT2D eigenvalue weighted by atomic mass is 10.1. The molecule has 0 spiro atoms. The van der Waals surface area contributed by atoms with Gasteiger partial charge in [0.15, 0.2) is 11.0 Å². The third-order valence-corrected chi connectivity index (χ3v) is 5.64. The molecule has 0 unspecified atom stereocenters. The lowest BCUT2D eigenvalue weighted by Gasteiger charge is -2.12. The van der Waals surface area contributed by atoms with E-state index in [0.717, 1.165) is 34.2 Å². The third-order valence-electron chi connectivity index (χ3n) is 4.37. The number of halogens is 1. The minimum atomic E-state index is -0.124. The maximum absolute atomic E-state index is 12.4. The Bertz CT molecular complexity index is 975. The number of carbonyl (C=O) groups is 1. The summed E-state index contributed by atoms with van der Waals surface area (Å²) < 4.78 is 2.02. The van der Waals surface area contributed by atoms with Crippen molar-refractivity contribution in [1.82, 2.24) is 14.8 Å². The van der Waals surface area contributed by atoms with E-state index in [1.807, 2.05) is 49.6 Å². The largest absolute Gasteiger partial charge is 0.324 e. The van der Waals surface area contributed by atoms with Gasteiger partial charge < -0.3 is 9.88 Å². The van der Waals surface area contributed by atoms with Gasteiger partial charge in [-0.3, -0.25) is 4.79 Å². The van der Waals surface area contributed by atoms with Gasteiger partial charge in [0.05, 0.1) is 16.5 Å². The zero-order valence-corrected chi connectivity index (χ0v) is 18.0. The van der Waals surface area contributed by atoms with Crippen LogP contribution in [0.2, 0.25) is 5.02 Å². The van der Waals surface area contributed by atoms with Crippen LogP contribution in [0.3, 0.4) is 0 Å². The molecule has 1 aromatic heterocycles. The Morgan fingerprint density at radius 2 is 1.82 bits per heavy atom. The summed E-state index contributed by atoms with van der Waals surface area (Å²) in [5.74, 6) is 0.916. The van der Waals surface area contributed by atoms with Crippen molar-refractivity contribution in [2.45, 2.75) is 39.4 Å². The molecular formula is C21H23ClN4OS. The number of carbonyl (C=O) groups excluding carboxylic acids is 1. The van der Waals surface area contributed by atoms with E-state index < -0.39 is 0 Å². The number of nitrogens with zero attached hydrogens (tertiary/aromatic N) is 3. The van der Waals surface area contributed by atoms with Gasteiger partial charge in [-0.1, -0.05) is 59.3 Å². The van der Waals surface area contributed by atoms with Gasteiger partial charge in [-0.15, -0.1) is 10.2 Å². The molecule has 0 bridgehead atoms. The van der Waals surface area contributed by atoms with E-state index in [1.165, 1.54) is 17.3 Å². The van der Waals surface area contributed by atoms with Crippen molar-refractivity contribution in [2.75, 3.05) is 11.1 Å². The fourth-order valence-corrected chi connectivity index (χ4v) is 4.15. The number of aryl methyl sites for hydroxylation is 3. The second-order valence-corrected chi connectivity index (χ2v) is 8.04. The Kier molecular flexibility index (Phi) is 6.42. The van der Waals surface area contributed by atoms with Gasteiger partial charge in [0.25, 0.3) is 0 Å². The molecule has 0 aliphatic rings. The Morgan fingerprint density at radius 1 is 1.11 bits per heavy atom. The summed E-state index contributed by atoms with van der Waals surface area (Å²) in [4.78, 5) is 12.4. The molecule has 146 valence electrons. The molecule has 0 saturated heterocycles. The Hall–Kier alpha value is -2.31. The van der Waals surface area contributed by atoms with Crippen LogP contribution in [0.1, 0.15) is 23.6 Å². The van der Waals surface area contributed by atoms with E-state index >= 15 is 0 Å². The SMILES string of the molecule is CCn1c(SCC(=O)Nc2c(C)cc(C)cc2Cl)nnc1-c1ccc(C)cc1. The van der Waals surface area contributed by atoms with Crippen LogP contribution in [0.25, 0.3) is 11.4 Å². The number of hydrogen-bond acceptors (Lipinski definition) is 4. The van der Waals surface area contributed by atoms with E-state index in [9.17, 15) is 4.79 Å². The second kappa shape index (κ2) is 8.80. The first-order valence-electron chi connectivity index (χ1n) is 9.08. The molecule has 0 radical (unpaired) electrons. The van der Waals surface area contributed by atoms with Crippen LogP contribution in [0.4, 0.5) is 5.69 Å². The molecule has 0 atom stereocenters. The van der Waals surface area contributed by atoms with Crippen LogP contribution in [-0.4, -0.2) is 26.4 Å². The normalized spacial score (nSPS) is 10.9. The number of thioether (sulfide) groups is 1. The highest BCUT2D eigenvalue weighted by Crippen LogP contribution is 2.28. The van der Waals surface area contributed by atoms with Gasteiger partial charge in [-0.2, -0.15) is 0 Å². The monoisotopic (exact) mass is 414 g/mol. The zero-order chi connectivity index (χ0) is 20.3. The van der Waals surface area contributed by atoms with Gasteiger partial charge >= 0.3 is 0 Å². The first-order chi connectivity index (χ1) is 13.4. The summed E-state index contributed by atoms with van der Waals surface area (Å²) in [6.45, 7) is 8.73. The number of nitrogens with one attached hydrogen (secondary N) is 1. The molecule has 3 rings (SSSR count). The highest BCUT2D eigenvalue weighted by Gasteiger charge is 2.15. The summed E-state index contributed by atoms with van der Waals surface area (Å²) in [5, 5.41) is 12.8. The molecular weight excluding hydrogens is 392 g/mol. The maximum Gasteiger partial charge on any atom is 0.234 e. The fraction of sp³-hybridized carbons (Fsp3) is 0.286. The van der Waals surface area contributed by atoms with Crippen molar-refractivity contribution in [3.8, 4) is 11.4 Å². The van der Waals surface area contributed by atoms with Crippen LogP contribution in [0.15, 0.2) is 41.6 Å². The van der Waals surface area contributed by atoms with Crippen LogP contribution in [0.5, 0.6) is 0 Å². The summed E-state index contributed by atoms with van der Waals surface area (Å²) in [6, 6.07) is 12.0. The molecule has 0 saturated carbocycles. The highest BCUT2D eigenvalue weighted by molar-refractivity contribution is 7.99. The molecule has 2 aromatic carbocycles. The van der Waals surface area contributed by atoms with Gasteiger partial charge in [-0.05, 0) is 44.9 Å². The Labute approximate surface area is 174 Å². The topological polar surface area (TPSA) is 59.8 Å². The third kappa shape index (κ3) is 4.56. The lowest BCUT2D eigenvalue weighted by Crippen LogP contribution is -2.16. The molecule has 1 amide bonds. The van der Waals surface area contributed by atoms with Gasteiger partial charge in [0.1, 0.15) is 0 Å². The summed E-state index contributed by atoms with van der Waals surface area (Å²) in [6.07, 6.45) is 0. The van der Waals surface area contributed by atoms with Crippen molar-refractivity contribution in [3.63, 3.8) is 0 Å². The van der Waals surface area contributed by atoms with Gasteiger partial charge in [0, 0.05) is 12.1 Å². The van der Waals surface area contributed by atoms with Crippen LogP contribution >= 0.6 is 23.4 Å². The van der Waals surface area contributed by atoms with Gasteiger partial charge in [0.2, 0.25) is 5.91 Å². The first-order valence-corrected chi connectivity index (χ1v) is 10.4. The average molecular weight is 415 g/mol. The molecule has 0 aliphatic carbocycles. The molecule has 3 aromatic rings. The van der Waals surface area contributed by atoms with Crippen molar-refractivity contribution >= 4 is 35.0 Å². The first kappa shape index (κ1) is 20.4. The van der Waals surface area contributed by atoms with Crippen LogP contribution < -0.4 is 5.32 Å². The quantitative estimate of drug-likeness (QED) is 0.558. The molecule has 5 nitrogen and oxygen atoms in total. The number of anilines is 1. The highest BCUT2D eigenvalue weighted by atomic mass is 35.5. The second-order valence-electron chi connectivity index (χ2n) is 6.69. The van der Waals surface area contributed by atoms with Crippen molar-refractivity contribution in [1.29, 1.82) is 0 Å². The van der Waals surface area contributed by atoms with E-state index in [0.29, 0.717) is 10.7 Å². The molecule has 0 aliphatic heterocycles.